The summed E-state index contributed by atoms with van der Waals surface area (Å²) in [7, 11) is 0. The van der Waals surface area contributed by atoms with Crippen molar-refractivity contribution in [2.24, 2.45) is 5.92 Å². The summed E-state index contributed by atoms with van der Waals surface area (Å²) >= 11 is 0. The third-order valence-corrected chi connectivity index (χ3v) is 4.91. The molecule has 0 unspecified atom stereocenters. The summed E-state index contributed by atoms with van der Waals surface area (Å²) in [6, 6.07) is 7.52. The van der Waals surface area contributed by atoms with Gasteiger partial charge in [0.25, 0.3) is 5.56 Å². The number of amides is 1. The number of nitrogens with zero attached hydrogens (tertiary/aromatic N) is 2. The Kier molecular flexibility index (Phi) is 5.39. The highest BCUT2D eigenvalue weighted by molar-refractivity contribution is 5.79. The summed E-state index contributed by atoms with van der Waals surface area (Å²) in [4.78, 5) is 39.7. The van der Waals surface area contributed by atoms with Gasteiger partial charge in [0.05, 0.1) is 23.5 Å². The second-order valence-corrected chi connectivity index (χ2v) is 6.96. The van der Waals surface area contributed by atoms with Crippen molar-refractivity contribution in [2.45, 2.75) is 46.6 Å². The Morgan fingerprint density at radius 2 is 1.93 bits per heavy atom. The van der Waals surface area contributed by atoms with Crippen LogP contribution in [0.1, 0.15) is 49.2 Å². The van der Waals surface area contributed by atoms with Crippen LogP contribution in [0.25, 0.3) is 11.0 Å². The van der Waals surface area contributed by atoms with Crippen molar-refractivity contribution in [2.75, 3.05) is 0 Å². The summed E-state index contributed by atoms with van der Waals surface area (Å²) in [5.41, 5.74) is 2.51. The minimum atomic E-state index is -0.265. The number of benzene rings is 1. The molecule has 7 heteroatoms. The summed E-state index contributed by atoms with van der Waals surface area (Å²) in [5.74, 6) is 1.23. The Hall–Kier alpha value is -2.96. The predicted molar refractivity (Wildman–Crippen MR) is 104 cm³/mol. The Morgan fingerprint density at radius 1 is 1.19 bits per heavy atom. The molecule has 0 aliphatic rings. The predicted octanol–water partition coefficient (Wildman–Crippen LogP) is 2.71. The van der Waals surface area contributed by atoms with E-state index >= 15 is 0 Å². The standard InChI is InChI=1S/C20H25N5O2/c1-5-11(2)18(19-23-15-8-6-7-9-16(15)24-19)25-17(26)10-14-12(3)21-13(4)22-20(14)27/h6-9,11,18H,5,10H2,1-4H3,(H,23,24)(H,25,26)(H,21,22,27)/t11-,18-/m0/s1. The van der Waals surface area contributed by atoms with Gasteiger partial charge in [0.15, 0.2) is 0 Å². The minimum absolute atomic E-state index is 0.0123. The van der Waals surface area contributed by atoms with Gasteiger partial charge >= 0.3 is 0 Å². The average molecular weight is 367 g/mol. The number of imidazole rings is 1. The molecular weight excluding hydrogens is 342 g/mol. The zero-order valence-electron chi connectivity index (χ0n) is 16.1. The molecule has 2 aromatic heterocycles. The second-order valence-electron chi connectivity index (χ2n) is 6.96. The zero-order chi connectivity index (χ0) is 19.6. The lowest BCUT2D eigenvalue weighted by molar-refractivity contribution is -0.121. The molecule has 142 valence electrons. The Bertz CT molecular complexity index is 988. The normalized spacial score (nSPS) is 13.5. The lowest BCUT2D eigenvalue weighted by Gasteiger charge is -2.22. The number of H-pyrrole nitrogens is 2. The zero-order valence-corrected chi connectivity index (χ0v) is 16.1. The van der Waals surface area contributed by atoms with E-state index in [0.717, 1.165) is 23.3 Å². The average Bonchev–Trinajstić information content (AvgIpc) is 3.05. The number of aromatic amines is 2. The topological polar surface area (TPSA) is 104 Å². The molecule has 0 bridgehead atoms. The smallest absolute Gasteiger partial charge is 0.254 e. The van der Waals surface area contributed by atoms with Crippen molar-refractivity contribution in [3.63, 3.8) is 0 Å². The molecule has 3 rings (SSSR count). The van der Waals surface area contributed by atoms with Crippen molar-refractivity contribution in [3.05, 3.63) is 57.5 Å². The number of rotatable bonds is 6. The molecule has 2 heterocycles. The van der Waals surface area contributed by atoms with Crippen molar-refractivity contribution in [1.29, 1.82) is 0 Å². The largest absolute Gasteiger partial charge is 0.346 e. The minimum Gasteiger partial charge on any atom is -0.346 e. The molecule has 3 aromatic rings. The van der Waals surface area contributed by atoms with E-state index in [4.69, 9.17) is 0 Å². The van der Waals surface area contributed by atoms with Gasteiger partial charge in [-0.25, -0.2) is 9.97 Å². The fourth-order valence-electron chi connectivity index (χ4n) is 3.18. The van der Waals surface area contributed by atoms with Crippen LogP contribution in [0.4, 0.5) is 0 Å². The number of aromatic nitrogens is 4. The van der Waals surface area contributed by atoms with Gasteiger partial charge < -0.3 is 15.3 Å². The van der Waals surface area contributed by atoms with Crippen molar-refractivity contribution >= 4 is 16.9 Å². The van der Waals surface area contributed by atoms with E-state index in [1.807, 2.05) is 24.3 Å². The molecule has 0 spiro atoms. The number of carbonyl (C=O) groups excluding carboxylic acids is 1. The first-order valence-corrected chi connectivity index (χ1v) is 9.19. The highest BCUT2D eigenvalue weighted by atomic mass is 16.2. The van der Waals surface area contributed by atoms with Gasteiger partial charge in [-0.05, 0) is 31.9 Å². The van der Waals surface area contributed by atoms with Gasteiger partial charge in [0, 0.05) is 11.3 Å². The Labute approximate surface area is 157 Å². The van der Waals surface area contributed by atoms with Gasteiger partial charge in [-0.15, -0.1) is 0 Å². The van der Waals surface area contributed by atoms with Crippen LogP contribution in [0.2, 0.25) is 0 Å². The molecule has 0 saturated heterocycles. The molecule has 0 saturated carbocycles. The molecule has 1 aromatic carbocycles. The van der Waals surface area contributed by atoms with Crippen LogP contribution in [0.5, 0.6) is 0 Å². The maximum atomic E-state index is 12.7. The number of fused-ring (bicyclic) bond motifs is 1. The summed E-state index contributed by atoms with van der Waals surface area (Å²) in [5, 5.41) is 3.05. The van der Waals surface area contributed by atoms with E-state index < -0.39 is 0 Å². The third-order valence-electron chi connectivity index (χ3n) is 4.91. The first-order valence-electron chi connectivity index (χ1n) is 9.19. The first-order chi connectivity index (χ1) is 12.9. The molecule has 1 amide bonds. The maximum absolute atomic E-state index is 12.7. The maximum Gasteiger partial charge on any atom is 0.254 e. The van der Waals surface area contributed by atoms with Crippen LogP contribution in [0.15, 0.2) is 29.1 Å². The monoisotopic (exact) mass is 367 g/mol. The van der Waals surface area contributed by atoms with Crippen LogP contribution in [0.3, 0.4) is 0 Å². The van der Waals surface area contributed by atoms with Crippen LogP contribution in [0, 0.1) is 19.8 Å². The SMILES string of the molecule is CC[C@H](C)[C@H](NC(=O)Cc1c(C)nc(C)[nH]c1=O)c1nc2ccccc2[nH]1. The molecular formula is C20H25N5O2. The molecule has 3 N–H and O–H groups in total. The van der Waals surface area contributed by atoms with E-state index in [2.05, 4.69) is 39.1 Å². The quantitative estimate of drug-likeness (QED) is 0.623. The number of para-hydroxylation sites is 2. The molecule has 7 nitrogen and oxygen atoms in total. The number of nitrogens with one attached hydrogen (secondary N) is 3. The van der Waals surface area contributed by atoms with Crippen molar-refractivity contribution in [1.82, 2.24) is 25.3 Å². The first kappa shape index (κ1) is 18.8. The lowest BCUT2D eigenvalue weighted by Crippen LogP contribution is -2.35. The van der Waals surface area contributed by atoms with E-state index in [1.54, 1.807) is 13.8 Å². The molecule has 0 radical (unpaired) electrons. The highest BCUT2D eigenvalue weighted by Gasteiger charge is 2.24. The van der Waals surface area contributed by atoms with Gasteiger partial charge in [0.2, 0.25) is 5.91 Å². The lowest BCUT2D eigenvalue weighted by atomic mass is 9.98. The third kappa shape index (κ3) is 4.07. The van der Waals surface area contributed by atoms with Gasteiger partial charge in [-0.2, -0.15) is 0 Å². The van der Waals surface area contributed by atoms with E-state index in [0.29, 0.717) is 17.1 Å². The van der Waals surface area contributed by atoms with Crippen molar-refractivity contribution in [3.8, 4) is 0 Å². The number of hydrogen-bond donors (Lipinski definition) is 3. The van der Waals surface area contributed by atoms with Gasteiger partial charge in [-0.3, -0.25) is 9.59 Å². The van der Waals surface area contributed by atoms with Gasteiger partial charge in [-0.1, -0.05) is 32.4 Å². The summed E-state index contributed by atoms with van der Waals surface area (Å²) in [6.07, 6.45) is 0.870. The summed E-state index contributed by atoms with van der Waals surface area (Å²) in [6.45, 7) is 7.61. The van der Waals surface area contributed by atoms with Crippen LogP contribution in [-0.2, 0) is 11.2 Å². The summed E-state index contributed by atoms with van der Waals surface area (Å²) < 4.78 is 0. The number of aryl methyl sites for hydroxylation is 2. The molecule has 27 heavy (non-hydrogen) atoms. The molecule has 0 fully saturated rings. The van der Waals surface area contributed by atoms with E-state index in [-0.39, 0.29) is 29.8 Å². The van der Waals surface area contributed by atoms with Crippen LogP contribution < -0.4 is 10.9 Å². The van der Waals surface area contributed by atoms with Gasteiger partial charge in [0.1, 0.15) is 11.6 Å². The van der Waals surface area contributed by atoms with Crippen LogP contribution in [-0.4, -0.2) is 25.8 Å². The van der Waals surface area contributed by atoms with Crippen LogP contribution >= 0.6 is 0 Å². The fraction of sp³-hybridized carbons (Fsp3) is 0.400. The molecule has 0 aliphatic heterocycles. The Balaban J connectivity index is 1.84. The van der Waals surface area contributed by atoms with E-state index in [1.165, 1.54) is 0 Å². The van der Waals surface area contributed by atoms with E-state index in [9.17, 15) is 9.59 Å². The molecule has 2 atom stereocenters. The Morgan fingerprint density at radius 3 is 2.59 bits per heavy atom. The fourth-order valence-corrected chi connectivity index (χ4v) is 3.18. The van der Waals surface area contributed by atoms with Crippen molar-refractivity contribution < 1.29 is 4.79 Å². The second kappa shape index (κ2) is 7.73. The number of carbonyl (C=O) groups is 1. The number of hydrogen-bond acceptors (Lipinski definition) is 4. The molecule has 0 aliphatic carbocycles. The highest BCUT2D eigenvalue weighted by Crippen LogP contribution is 2.24.